The molecule has 0 aromatic carbocycles. The fourth-order valence-corrected chi connectivity index (χ4v) is 3.31. The molecule has 0 aromatic rings. The zero-order chi connectivity index (χ0) is 19.3. The lowest BCUT2D eigenvalue weighted by Crippen LogP contribution is -2.47. The van der Waals surface area contributed by atoms with Crippen LogP contribution in [-0.4, -0.2) is 31.4 Å². The van der Waals surface area contributed by atoms with E-state index in [1.165, 1.54) is 0 Å². The first-order valence-electron chi connectivity index (χ1n) is 9.88. The fourth-order valence-electron chi connectivity index (χ4n) is 3.31. The summed E-state index contributed by atoms with van der Waals surface area (Å²) in [5.74, 6) is 0.0405. The van der Waals surface area contributed by atoms with Gasteiger partial charge in [0.2, 0.25) is 0 Å². The number of esters is 1. The Kier molecular flexibility index (Phi) is 12.4. The van der Waals surface area contributed by atoms with Gasteiger partial charge >= 0.3 is 12.1 Å². The number of rotatable bonds is 13. The van der Waals surface area contributed by atoms with Gasteiger partial charge in [-0.2, -0.15) is 0 Å². The molecule has 0 fully saturated rings. The molecule has 25 heavy (non-hydrogen) atoms. The average Bonchev–Trinajstić information content (AvgIpc) is 2.55. The molecule has 148 valence electrons. The van der Waals surface area contributed by atoms with E-state index in [0.717, 1.165) is 25.7 Å². The van der Waals surface area contributed by atoms with Crippen LogP contribution in [0.2, 0.25) is 0 Å². The van der Waals surface area contributed by atoms with Gasteiger partial charge in [0.15, 0.2) is 0 Å². The van der Waals surface area contributed by atoms with E-state index in [4.69, 9.17) is 14.2 Å². The maximum atomic E-state index is 13.0. The molecule has 0 radical (unpaired) electrons. The molecule has 0 aliphatic carbocycles. The highest BCUT2D eigenvalue weighted by Crippen LogP contribution is 2.41. The smallest absolute Gasteiger partial charge is 0.465 e. The van der Waals surface area contributed by atoms with Crippen molar-refractivity contribution in [1.29, 1.82) is 0 Å². The SMILES string of the molecule is CCCCC(OC(=O)OCC)C(CCCC)(CC(C)C)C(=O)OCC. The van der Waals surface area contributed by atoms with E-state index in [-0.39, 0.29) is 18.5 Å². The summed E-state index contributed by atoms with van der Waals surface area (Å²) >= 11 is 0. The minimum atomic E-state index is -0.803. The van der Waals surface area contributed by atoms with E-state index in [1.807, 2.05) is 6.92 Å². The Morgan fingerprint density at radius 1 is 0.920 bits per heavy atom. The summed E-state index contributed by atoms with van der Waals surface area (Å²) in [6.45, 7) is 12.5. The lowest BCUT2D eigenvalue weighted by molar-refractivity contribution is -0.168. The van der Waals surface area contributed by atoms with Crippen LogP contribution in [-0.2, 0) is 19.0 Å². The minimum absolute atomic E-state index is 0.248. The lowest BCUT2D eigenvalue weighted by Gasteiger charge is -2.39. The summed E-state index contributed by atoms with van der Waals surface area (Å²) < 4.78 is 16.1. The summed E-state index contributed by atoms with van der Waals surface area (Å²) in [5, 5.41) is 0. The van der Waals surface area contributed by atoms with Gasteiger partial charge in [-0.05, 0) is 39.0 Å². The fraction of sp³-hybridized carbons (Fsp3) is 0.900. The van der Waals surface area contributed by atoms with Gasteiger partial charge in [0, 0.05) is 0 Å². The summed E-state index contributed by atoms with van der Waals surface area (Å²) in [5.41, 5.74) is -0.803. The molecule has 0 amide bonds. The molecule has 5 nitrogen and oxygen atoms in total. The quantitative estimate of drug-likeness (QED) is 0.407. The van der Waals surface area contributed by atoms with E-state index in [2.05, 4.69) is 27.7 Å². The van der Waals surface area contributed by atoms with Crippen molar-refractivity contribution in [3.63, 3.8) is 0 Å². The number of carbonyl (C=O) groups is 2. The molecule has 5 heteroatoms. The molecule has 2 atom stereocenters. The number of carbonyl (C=O) groups excluding carboxylic acids is 2. The van der Waals surface area contributed by atoms with Crippen LogP contribution in [0, 0.1) is 11.3 Å². The first-order valence-corrected chi connectivity index (χ1v) is 9.88. The van der Waals surface area contributed by atoms with Gasteiger partial charge in [-0.3, -0.25) is 4.79 Å². The van der Waals surface area contributed by atoms with E-state index in [1.54, 1.807) is 6.92 Å². The van der Waals surface area contributed by atoms with Gasteiger partial charge in [-0.15, -0.1) is 0 Å². The highest BCUT2D eigenvalue weighted by molar-refractivity contribution is 5.78. The Labute approximate surface area is 153 Å². The average molecular weight is 359 g/mol. The van der Waals surface area contributed by atoms with E-state index >= 15 is 0 Å². The predicted molar refractivity (Wildman–Crippen MR) is 99.5 cm³/mol. The summed E-state index contributed by atoms with van der Waals surface area (Å²) in [4.78, 5) is 25.0. The summed E-state index contributed by atoms with van der Waals surface area (Å²) in [6, 6.07) is 0. The Bertz CT molecular complexity index is 380. The third kappa shape index (κ3) is 8.10. The van der Waals surface area contributed by atoms with Gasteiger partial charge in [-0.1, -0.05) is 53.4 Å². The molecule has 0 bridgehead atoms. The minimum Gasteiger partial charge on any atom is -0.465 e. The molecule has 0 aliphatic heterocycles. The van der Waals surface area contributed by atoms with Gasteiger partial charge in [0.1, 0.15) is 11.5 Å². The number of hydrogen-bond acceptors (Lipinski definition) is 5. The maximum absolute atomic E-state index is 13.0. The van der Waals surface area contributed by atoms with Gasteiger partial charge in [0.25, 0.3) is 0 Å². The third-order valence-electron chi connectivity index (χ3n) is 4.37. The molecule has 0 rings (SSSR count). The Morgan fingerprint density at radius 3 is 2.00 bits per heavy atom. The largest absolute Gasteiger partial charge is 0.508 e. The number of unbranched alkanes of at least 4 members (excludes halogenated alkanes) is 2. The molecule has 2 unspecified atom stereocenters. The van der Waals surface area contributed by atoms with Crippen molar-refractivity contribution in [2.75, 3.05) is 13.2 Å². The van der Waals surface area contributed by atoms with E-state index in [9.17, 15) is 9.59 Å². The first kappa shape index (κ1) is 23.7. The lowest BCUT2D eigenvalue weighted by atomic mass is 9.70. The van der Waals surface area contributed by atoms with Gasteiger partial charge in [0.05, 0.1) is 13.2 Å². The van der Waals surface area contributed by atoms with Crippen molar-refractivity contribution < 1.29 is 23.8 Å². The second-order valence-electron chi connectivity index (χ2n) is 7.01. The second kappa shape index (κ2) is 13.0. The van der Waals surface area contributed by atoms with Crippen molar-refractivity contribution in [3.05, 3.63) is 0 Å². The zero-order valence-electron chi connectivity index (χ0n) is 17.1. The van der Waals surface area contributed by atoms with Crippen molar-refractivity contribution >= 4 is 12.1 Å². The van der Waals surface area contributed by atoms with Crippen LogP contribution in [0.4, 0.5) is 4.79 Å². The van der Waals surface area contributed by atoms with Crippen LogP contribution in [0.25, 0.3) is 0 Å². The molecular weight excluding hydrogens is 320 g/mol. The molecular formula is C20H38O5. The summed E-state index contributed by atoms with van der Waals surface area (Å²) in [6.07, 6.45) is 4.45. The predicted octanol–water partition coefficient (Wildman–Crippen LogP) is 5.50. The molecule has 0 N–H and O–H groups in total. The molecule has 0 aromatic heterocycles. The van der Waals surface area contributed by atoms with E-state index in [0.29, 0.717) is 25.9 Å². The highest BCUT2D eigenvalue weighted by atomic mass is 16.7. The normalized spacial score (nSPS) is 14.7. The first-order chi connectivity index (χ1) is 11.9. The standard InChI is InChI=1S/C20H38O5/c1-7-11-13-17(25-19(22)24-10-4)20(14-12-8-2,15-16(5)6)18(21)23-9-3/h16-17H,7-15H2,1-6H3. The van der Waals surface area contributed by atoms with Crippen LogP contribution in [0.1, 0.15) is 86.5 Å². The maximum Gasteiger partial charge on any atom is 0.508 e. The van der Waals surface area contributed by atoms with Crippen molar-refractivity contribution in [1.82, 2.24) is 0 Å². The monoisotopic (exact) mass is 358 g/mol. The topological polar surface area (TPSA) is 61.8 Å². The van der Waals surface area contributed by atoms with Crippen LogP contribution in [0.5, 0.6) is 0 Å². The van der Waals surface area contributed by atoms with Crippen LogP contribution < -0.4 is 0 Å². The number of hydrogen-bond donors (Lipinski definition) is 0. The molecule has 0 heterocycles. The van der Waals surface area contributed by atoms with E-state index < -0.39 is 17.7 Å². The molecule has 0 aliphatic rings. The third-order valence-corrected chi connectivity index (χ3v) is 4.37. The van der Waals surface area contributed by atoms with Crippen molar-refractivity contribution in [2.45, 2.75) is 92.6 Å². The Morgan fingerprint density at radius 2 is 1.52 bits per heavy atom. The molecule has 0 spiro atoms. The number of ether oxygens (including phenoxy) is 3. The van der Waals surface area contributed by atoms with Crippen LogP contribution in [0.15, 0.2) is 0 Å². The summed E-state index contributed by atoms with van der Waals surface area (Å²) in [7, 11) is 0. The Balaban J connectivity index is 5.78. The molecule has 0 saturated carbocycles. The van der Waals surface area contributed by atoms with Crippen LogP contribution in [0.3, 0.4) is 0 Å². The highest BCUT2D eigenvalue weighted by Gasteiger charge is 2.48. The van der Waals surface area contributed by atoms with Gasteiger partial charge < -0.3 is 14.2 Å². The van der Waals surface area contributed by atoms with Crippen LogP contribution >= 0.6 is 0 Å². The second-order valence-corrected chi connectivity index (χ2v) is 7.01. The molecule has 0 saturated heterocycles. The zero-order valence-corrected chi connectivity index (χ0v) is 17.1. The van der Waals surface area contributed by atoms with Crippen molar-refractivity contribution in [3.8, 4) is 0 Å². The van der Waals surface area contributed by atoms with Crippen molar-refractivity contribution in [2.24, 2.45) is 11.3 Å². The Hall–Kier alpha value is -1.26. The van der Waals surface area contributed by atoms with Gasteiger partial charge in [-0.25, -0.2) is 4.79 Å².